The van der Waals surface area contributed by atoms with E-state index < -0.39 is 0 Å². The fourth-order valence-electron chi connectivity index (χ4n) is 3.61. The molecule has 0 bridgehead atoms. The van der Waals surface area contributed by atoms with Gasteiger partial charge in [-0.3, -0.25) is 14.5 Å². The average molecular weight is 331 g/mol. The molecular weight excluding hydrogens is 310 g/mol. The maximum atomic E-state index is 12.5. The summed E-state index contributed by atoms with van der Waals surface area (Å²) in [5, 5.41) is 0. The molecule has 0 atom stereocenters. The third-order valence-corrected chi connectivity index (χ3v) is 5.22. The number of carbonyl (C=O) groups excluding carboxylic acids is 2. The van der Waals surface area contributed by atoms with Crippen molar-refractivity contribution in [1.82, 2.24) is 9.80 Å². The van der Waals surface area contributed by atoms with Crippen molar-refractivity contribution in [2.24, 2.45) is 11.7 Å². The van der Waals surface area contributed by atoms with Crippen molar-refractivity contribution >= 4 is 11.8 Å². The molecule has 3 aliphatic rings. The molecule has 7 nitrogen and oxygen atoms in total. The summed E-state index contributed by atoms with van der Waals surface area (Å²) in [6.07, 6.45) is 1.64. The number of piperidine rings is 1. The van der Waals surface area contributed by atoms with E-state index >= 15 is 0 Å². The van der Waals surface area contributed by atoms with Gasteiger partial charge in [0, 0.05) is 30.6 Å². The van der Waals surface area contributed by atoms with Crippen molar-refractivity contribution in [3.63, 3.8) is 0 Å². The first kappa shape index (κ1) is 15.3. The van der Waals surface area contributed by atoms with E-state index in [9.17, 15) is 9.59 Å². The number of nitrogens with two attached hydrogens (primary N) is 1. The van der Waals surface area contributed by atoms with Crippen LogP contribution < -0.4 is 15.2 Å². The highest BCUT2D eigenvalue weighted by atomic mass is 16.7. The Labute approximate surface area is 140 Å². The number of nitrogens with zero attached hydrogens (tertiary/aromatic N) is 2. The molecule has 128 valence electrons. The normalized spacial score (nSPS) is 21.6. The molecule has 0 spiro atoms. The van der Waals surface area contributed by atoms with Gasteiger partial charge in [0.1, 0.15) is 0 Å². The summed E-state index contributed by atoms with van der Waals surface area (Å²) in [7, 11) is 0. The number of hydrogen-bond acceptors (Lipinski definition) is 5. The Balaban J connectivity index is 1.31. The molecule has 0 unspecified atom stereocenters. The minimum atomic E-state index is -0.192. The van der Waals surface area contributed by atoms with E-state index in [1.54, 1.807) is 18.2 Å². The van der Waals surface area contributed by atoms with Crippen molar-refractivity contribution in [3.8, 4) is 11.5 Å². The van der Waals surface area contributed by atoms with Crippen LogP contribution in [-0.2, 0) is 4.79 Å². The second kappa shape index (κ2) is 5.98. The van der Waals surface area contributed by atoms with Gasteiger partial charge in [-0.25, -0.2) is 0 Å². The Morgan fingerprint density at radius 1 is 1.08 bits per heavy atom. The predicted octanol–water partition coefficient (Wildman–Crippen LogP) is 0.437. The molecule has 24 heavy (non-hydrogen) atoms. The minimum absolute atomic E-state index is 0.00712. The van der Waals surface area contributed by atoms with Gasteiger partial charge in [-0.1, -0.05) is 0 Å². The third kappa shape index (κ3) is 2.69. The van der Waals surface area contributed by atoms with Crippen LogP contribution in [0.2, 0.25) is 0 Å². The summed E-state index contributed by atoms with van der Waals surface area (Å²) in [5.74, 6) is 1.16. The molecule has 0 saturated carbocycles. The van der Waals surface area contributed by atoms with Crippen LogP contribution in [0.1, 0.15) is 23.2 Å². The number of hydrogen-bond donors (Lipinski definition) is 1. The standard InChI is InChI=1S/C17H21N3O4/c18-16(21)11-3-5-19(6-4-11)13-8-20(9-13)17(22)12-1-2-14-15(7-12)24-10-23-14/h1-2,7,11,13H,3-6,8-10H2,(H2,18,21). The molecule has 2 N–H and O–H groups in total. The van der Waals surface area contributed by atoms with Gasteiger partial charge in [0.2, 0.25) is 12.7 Å². The topological polar surface area (TPSA) is 85.1 Å². The lowest BCUT2D eigenvalue weighted by Gasteiger charge is -2.47. The molecule has 7 heteroatoms. The van der Waals surface area contributed by atoms with E-state index in [1.165, 1.54) is 0 Å². The summed E-state index contributed by atoms with van der Waals surface area (Å²) in [6.45, 7) is 3.43. The largest absolute Gasteiger partial charge is 0.454 e. The highest BCUT2D eigenvalue weighted by Crippen LogP contribution is 2.33. The molecule has 1 aromatic carbocycles. The second-order valence-electron chi connectivity index (χ2n) is 6.64. The zero-order valence-electron chi connectivity index (χ0n) is 13.4. The summed E-state index contributed by atoms with van der Waals surface area (Å²) >= 11 is 0. The second-order valence-corrected chi connectivity index (χ2v) is 6.64. The van der Waals surface area contributed by atoms with Crippen LogP contribution in [0.25, 0.3) is 0 Å². The van der Waals surface area contributed by atoms with Gasteiger partial charge in [-0.05, 0) is 44.1 Å². The van der Waals surface area contributed by atoms with Crippen LogP contribution in [0.5, 0.6) is 11.5 Å². The summed E-state index contributed by atoms with van der Waals surface area (Å²) in [6, 6.07) is 5.69. The molecule has 1 aromatic rings. The molecule has 0 aromatic heterocycles. The number of rotatable bonds is 3. The van der Waals surface area contributed by atoms with Crippen LogP contribution in [0.4, 0.5) is 0 Å². The number of carbonyl (C=O) groups is 2. The van der Waals surface area contributed by atoms with Crippen molar-refractivity contribution in [2.75, 3.05) is 33.0 Å². The molecule has 4 rings (SSSR count). The van der Waals surface area contributed by atoms with E-state index in [1.807, 2.05) is 4.90 Å². The number of benzene rings is 1. The van der Waals surface area contributed by atoms with Crippen LogP contribution in [-0.4, -0.2) is 60.6 Å². The Morgan fingerprint density at radius 2 is 1.79 bits per heavy atom. The van der Waals surface area contributed by atoms with Crippen molar-refractivity contribution < 1.29 is 19.1 Å². The molecule has 2 fully saturated rings. The van der Waals surface area contributed by atoms with E-state index in [2.05, 4.69) is 4.90 Å². The Hall–Kier alpha value is -2.28. The number of primary amides is 1. The Kier molecular flexibility index (Phi) is 3.80. The average Bonchev–Trinajstić information content (AvgIpc) is 3.01. The fraction of sp³-hybridized carbons (Fsp3) is 0.529. The van der Waals surface area contributed by atoms with Crippen LogP contribution >= 0.6 is 0 Å². The highest BCUT2D eigenvalue weighted by Gasteiger charge is 2.37. The molecule has 2 saturated heterocycles. The first-order chi connectivity index (χ1) is 11.6. The molecule has 2 amide bonds. The molecule has 3 aliphatic heterocycles. The Bertz CT molecular complexity index is 664. The van der Waals surface area contributed by atoms with Gasteiger partial charge in [0.15, 0.2) is 11.5 Å². The molecule has 3 heterocycles. The van der Waals surface area contributed by atoms with Crippen LogP contribution in [0.15, 0.2) is 18.2 Å². The van der Waals surface area contributed by atoms with Crippen LogP contribution in [0, 0.1) is 5.92 Å². The predicted molar refractivity (Wildman–Crippen MR) is 85.7 cm³/mol. The SMILES string of the molecule is NC(=O)C1CCN(C2CN(C(=O)c3ccc4c(c3)OCO4)C2)CC1. The minimum Gasteiger partial charge on any atom is -0.454 e. The summed E-state index contributed by atoms with van der Waals surface area (Å²) in [4.78, 5) is 28.0. The van der Waals surface area contributed by atoms with Gasteiger partial charge in [0.05, 0.1) is 0 Å². The van der Waals surface area contributed by atoms with Gasteiger partial charge in [0.25, 0.3) is 5.91 Å². The van der Waals surface area contributed by atoms with Gasteiger partial charge in [-0.15, -0.1) is 0 Å². The molecule has 0 radical (unpaired) electrons. The quantitative estimate of drug-likeness (QED) is 0.868. The number of fused-ring (bicyclic) bond motifs is 1. The highest BCUT2D eigenvalue weighted by molar-refractivity contribution is 5.95. The number of likely N-dealkylation sites (tertiary alicyclic amines) is 2. The lowest BCUT2D eigenvalue weighted by atomic mass is 9.93. The van der Waals surface area contributed by atoms with Gasteiger partial charge in [-0.2, -0.15) is 0 Å². The van der Waals surface area contributed by atoms with E-state index in [-0.39, 0.29) is 24.5 Å². The Morgan fingerprint density at radius 3 is 2.50 bits per heavy atom. The van der Waals surface area contributed by atoms with Crippen molar-refractivity contribution in [3.05, 3.63) is 23.8 Å². The lowest BCUT2D eigenvalue weighted by molar-refractivity contribution is -0.123. The first-order valence-electron chi connectivity index (χ1n) is 8.34. The van der Waals surface area contributed by atoms with E-state index in [4.69, 9.17) is 15.2 Å². The van der Waals surface area contributed by atoms with E-state index in [0.29, 0.717) is 23.1 Å². The lowest BCUT2D eigenvalue weighted by Crippen LogP contribution is -2.62. The molecular formula is C17H21N3O4. The van der Waals surface area contributed by atoms with Crippen molar-refractivity contribution in [2.45, 2.75) is 18.9 Å². The van der Waals surface area contributed by atoms with Crippen LogP contribution in [0.3, 0.4) is 0 Å². The summed E-state index contributed by atoms with van der Waals surface area (Å²) in [5.41, 5.74) is 6.00. The van der Waals surface area contributed by atoms with E-state index in [0.717, 1.165) is 39.0 Å². The number of ether oxygens (including phenoxy) is 2. The monoisotopic (exact) mass is 331 g/mol. The first-order valence-corrected chi connectivity index (χ1v) is 8.34. The maximum absolute atomic E-state index is 12.5. The number of amides is 2. The molecule has 0 aliphatic carbocycles. The van der Waals surface area contributed by atoms with Gasteiger partial charge >= 0.3 is 0 Å². The zero-order chi connectivity index (χ0) is 16.7. The summed E-state index contributed by atoms with van der Waals surface area (Å²) < 4.78 is 10.6. The third-order valence-electron chi connectivity index (χ3n) is 5.22. The maximum Gasteiger partial charge on any atom is 0.254 e. The zero-order valence-corrected chi connectivity index (χ0v) is 13.4. The van der Waals surface area contributed by atoms with Crippen molar-refractivity contribution in [1.29, 1.82) is 0 Å². The smallest absolute Gasteiger partial charge is 0.254 e. The van der Waals surface area contributed by atoms with Gasteiger partial charge < -0.3 is 20.1 Å². The fourth-order valence-corrected chi connectivity index (χ4v) is 3.61.